The molecule has 1 aliphatic rings. The van der Waals surface area contributed by atoms with Crippen molar-refractivity contribution in [1.29, 1.82) is 0 Å². The van der Waals surface area contributed by atoms with Gasteiger partial charge in [-0.25, -0.2) is 0 Å². The number of nitrogens with one attached hydrogen (secondary N) is 2. The molecule has 19 heavy (non-hydrogen) atoms. The number of hydrogen-bond donors (Lipinski definition) is 2. The molecule has 0 aliphatic heterocycles. The molecule has 0 aromatic rings. The second kappa shape index (κ2) is 6.89. The zero-order valence-electron chi connectivity index (χ0n) is 12.6. The van der Waals surface area contributed by atoms with Crippen molar-refractivity contribution in [3.8, 4) is 0 Å². The Bertz CT molecular complexity index is 319. The second-order valence-corrected chi connectivity index (χ2v) is 10.7. The first-order valence-electron chi connectivity index (χ1n) is 7.19. The van der Waals surface area contributed by atoms with Gasteiger partial charge in [0.15, 0.2) is 0 Å². The molecule has 0 bridgehead atoms. The number of hydrogen-bond acceptors (Lipinski definition) is 2. The summed E-state index contributed by atoms with van der Waals surface area (Å²) in [6, 6.07) is 0.195. The van der Waals surface area contributed by atoms with Gasteiger partial charge in [0.25, 0.3) is 0 Å². The van der Waals surface area contributed by atoms with Gasteiger partial charge in [-0.1, -0.05) is 0 Å². The Morgan fingerprint density at radius 3 is 2.21 bits per heavy atom. The summed E-state index contributed by atoms with van der Waals surface area (Å²) in [6.07, 6.45) is 6.89. The van der Waals surface area contributed by atoms with E-state index in [1.54, 1.807) is 0 Å². The van der Waals surface area contributed by atoms with E-state index < -0.39 is 17.9 Å². The molecular formula is C14H27N2O2Ti. The normalized spacial score (nSPS) is 29.4. The Balaban J connectivity index is 3.08. The predicted molar refractivity (Wildman–Crippen MR) is 73.5 cm³/mol. The van der Waals surface area contributed by atoms with Gasteiger partial charge >= 0.3 is 123 Å². The molecule has 0 saturated heterocycles. The molecular weight excluding hydrogens is 276 g/mol. The van der Waals surface area contributed by atoms with E-state index in [4.69, 9.17) is 0 Å². The van der Waals surface area contributed by atoms with Crippen LogP contribution in [0.2, 0.25) is 10.5 Å². The molecule has 2 amide bonds. The van der Waals surface area contributed by atoms with Gasteiger partial charge in [0.05, 0.1) is 0 Å². The summed E-state index contributed by atoms with van der Waals surface area (Å²) in [4.78, 5) is 21.9. The summed E-state index contributed by atoms with van der Waals surface area (Å²) >= 11 is -1.36. The van der Waals surface area contributed by atoms with Crippen LogP contribution in [0.1, 0.15) is 46.0 Å². The van der Waals surface area contributed by atoms with Gasteiger partial charge in [0.2, 0.25) is 0 Å². The zero-order chi connectivity index (χ0) is 14.5. The fourth-order valence-electron chi connectivity index (χ4n) is 3.55. The number of rotatable bonds is 7. The van der Waals surface area contributed by atoms with Gasteiger partial charge in [-0.05, 0) is 0 Å². The van der Waals surface area contributed by atoms with Crippen LogP contribution in [-0.2, 0) is 27.5 Å². The van der Waals surface area contributed by atoms with Crippen LogP contribution in [0.5, 0.6) is 0 Å². The van der Waals surface area contributed by atoms with Gasteiger partial charge in [-0.3, -0.25) is 0 Å². The molecule has 1 rings (SSSR count). The van der Waals surface area contributed by atoms with E-state index in [1.165, 1.54) is 0 Å². The molecule has 0 heterocycles. The summed E-state index contributed by atoms with van der Waals surface area (Å²) < 4.78 is -0.0350. The van der Waals surface area contributed by atoms with Crippen molar-refractivity contribution >= 4 is 12.8 Å². The average molecular weight is 303 g/mol. The minimum absolute atomic E-state index is 0.0350. The Morgan fingerprint density at radius 1 is 1.16 bits per heavy atom. The van der Waals surface area contributed by atoms with Crippen LogP contribution in [-0.4, -0.2) is 22.7 Å². The van der Waals surface area contributed by atoms with Crippen molar-refractivity contribution in [2.24, 2.45) is 5.41 Å². The summed E-state index contributed by atoms with van der Waals surface area (Å²) in [7, 11) is 0. The standard InChI is InChI=1S/C12H21N2O2.2CH3.Ti/c1-3-12(4-2)6-10(13-8-15)5-11(7-12)14-9-16;;;/h8-10H,3-7H2,1-2H3,(H,13,15)(H,14,16);2*1H3;. The number of carbonyl (C=O) groups excluding carboxylic acids is 2. The van der Waals surface area contributed by atoms with Crippen molar-refractivity contribution in [3.63, 3.8) is 0 Å². The number of carbonyl (C=O) groups is 2. The first-order valence-corrected chi connectivity index (χ1v) is 11.1. The number of amides is 2. The summed E-state index contributed by atoms with van der Waals surface area (Å²) in [5, 5.41) is 10.7. The Kier molecular flexibility index (Phi) is 6.06. The maximum atomic E-state index is 11.1. The van der Waals surface area contributed by atoms with Crippen LogP contribution in [0, 0.1) is 5.41 Å². The maximum absolute atomic E-state index is 11.1. The fourth-order valence-corrected chi connectivity index (χ4v) is 6.25. The van der Waals surface area contributed by atoms with Gasteiger partial charge in [0.1, 0.15) is 0 Å². The summed E-state index contributed by atoms with van der Waals surface area (Å²) in [5.74, 6) is 0. The third-order valence-electron chi connectivity index (χ3n) is 5.05. The van der Waals surface area contributed by atoms with Crippen molar-refractivity contribution in [1.82, 2.24) is 10.6 Å². The van der Waals surface area contributed by atoms with Gasteiger partial charge in [-0.15, -0.1) is 0 Å². The molecule has 2 atom stereocenters. The first kappa shape index (κ1) is 16.7. The van der Waals surface area contributed by atoms with Crippen molar-refractivity contribution in [2.45, 2.75) is 66.3 Å². The molecule has 2 unspecified atom stereocenters. The van der Waals surface area contributed by atoms with E-state index in [2.05, 4.69) is 34.9 Å². The zero-order valence-corrected chi connectivity index (χ0v) is 14.1. The van der Waals surface area contributed by atoms with Crippen LogP contribution in [0.15, 0.2) is 0 Å². The molecule has 0 aromatic carbocycles. The predicted octanol–water partition coefficient (Wildman–Crippen LogP) is 2.25. The first-order chi connectivity index (χ1) is 8.97. The van der Waals surface area contributed by atoms with Gasteiger partial charge in [-0.2, -0.15) is 0 Å². The van der Waals surface area contributed by atoms with Crippen LogP contribution in [0.3, 0.4) is 0 Å². The third-order valence-corrected chi connectivity index (χ3v) is 8.86. The van der Waals surface area contributed by atoms with Gasteiger partial charge in [0, 0.05) is 0 Å². The molecule has 1 fully saturated rings. The molecule has 2 N–H and O–H groups in total. The molecule has 109 valence electrons. The minimum atomic E-state index is -1.36. The van der Waals surface area contributed by atoms with Crippen LogP contribution in [0.25, 0.3) is 0 Å². The van der Waals surface area contributed by atoms with Crippen molar-refractivity contribution in [3.05, 3.63) is 0 Å². The van der Waals surface area contributed by atoms with Crippen molar-refractivity contribution < 1.29 is 27.5 Å². The molecule has 0 aromatic heterocycles. The summed E-state index contributed by atoms with van der Waals surface area (Å²) in [5.41, 5.74) is 0.249. The topological polar surface area (TPSA) is 58.2 Å². The van der Waals surface area contributed by atoms with E-state index in [0.29, 0.717) is 0 Å². The van der Waals surface area contributed by atoms with E-state index in [-0.39, 0.29) is 15.3 Å². The van der Waals surface area contributed by atoms with Crippen LogP contribution >= 0.6 is 0 Å². The van der Waals surface area contributed by atoms with E-state index in [1.807, 2.05) is 0 Å². The van der Waals surface area contributed by atoms with E-state index >= 15 is 0 Å². The summed E-state index contributed by atoms with van der Waals surface area (Å²) in [6.45, 7) is 4.45. The second-order valence-electron chi connectivity index (χ2n) is 6.12. The van der Waals surface area contributed by atoms with Gasteiger partial charge < -0.3 is 0 Å². The Labute approximate surface area is 122 Å². The molecule has 4 nitrogen and oxygen atoms in total. The third kappa shape index (κ3) is 3.60. The molecule has 0 radical (unpaired) electrons. The van der Waals surface area contributed by atoms with Crippen LogP contribution < -0.4 is 10.6 Å². The van der Waals surface area contributed by atoms with E-state index in [9.17, 15) is 9.59 Å². The Morgan fingerprint density at radius 2 is 1.79 bits per heavy atom. The van der Waals surface area contributed by atoms with Crippen molar-refractivity contribution in [2.75, 3.05) is 0 Å². The monoisotopic (exact) mass is 303 g/mol. The molecule has 1 aliphatic carbocycles. The SMILES string of the molecule is CCC1(CC)CC(NC=O)C[C](NC=O)([Ti]([CH3])[CH3])C1. The fraction of sp³-hybridized carbons (Fsp3) is 0.857. The molecule has 0 spiro atoms. The Hall–Kier alpha value is -0.346. The average Bonchev–Trinajstić information content (AvgIpc) is 2.39. The molecule has 1 saturated carbocycles. The van der Waals surface area contributed by atoms with E-state index in [0.717, 1.165) is 44.9 Å². The quantitative estimate of drug-likeness (QED) is 0.560. The molecule has 5 heteroatoms. The van der Waals surface area contributed by atoms with Crippen LogP contribution in [0.4, 0.5) is 0 Å².